The van der Waals surface area contributed by atoms with Gasteiger partial charge in [0, 0.05) is 6.54 Å². The summed E-state index contributed by atoms with van der Waals surface area (Å²) in [4.78, 5) is 5.52. The van der Waals surface area contributed by atoms with E-state index in [4.69, 9.17) is 0 Å². The molecule has 0 radical (unpaired) electrons. The van der Waals surface area contributed by atoms with E-state index in [9.17, 15) is 0 Å². The monoisotopic (exact) mass is 348 g/mol. The fraction of sp³-hybridized carbons (Fsp3) is 1.00. The van der Waals surface area contributed by atoms with E-state index in [-0.39, 0.29) is 0 Å². The van der Waals surface area contributed by atoms with Crippen LogP contribution >= 0.6 is 0 Å². The van der Waals surface area contributed by atoms with Gasteiger partial charge in [-0.3, -0.25) is 0 Å². The van der Waals surface area contributed by atoms with Crippen LogP contribution in [-0.2, 0) is 0 Å². The molecule has 3 rings (SSSR count). The lowest BCUT2D eigenvalue weighted by Crippen LogP contribution is -2.37. The van der Waals surface area contributed by atoms with E-state index in [1.54, 1.807) is 0 Å². The Kier molecular flexibility index (Phi) is 7.26. The smallest absolute Gasteiger partial charge is 0.00385 e. The number of hydrogen-bond acceptors (Lipinski definition) is 2. The molecule has 3 aliphatic rings. The van der Waals surface area contributed by atoms with Gasteiger partial charge in [-0.2, -0.15) is 0 Å². The van der Waals surface area contributed by atoms with Crippen LogP contribution in [-0.4, -0.2) is 49.1 Å². The summed E-state index contributed by atoms with van der Waals surface area (Å²) in [6, 6.07) is 0. The third-order valence-corrected chi connectivity index (χ3v) is 7.85. The van der Waals surface area contributed by atoms with Crippen LogP contribution in [0.25, 0.3) is 0 Å². The average Bonchev–Trinajstić information content (AvgIpc) is 3.03. The molecule has 25 heavy (non-hydrogen) atoms. The summed E-state index contributed by atoms with van der Waals surface area (Å²) in [5.74, 6) is 0. The third-order valence-electron chi connectivity index (χ3n) is 7.85. The van der Waals surface area contributed by atoms with Gasteiger partial charge in [-0.25, -0.2) is 0 Å². The standard InChI is InChI=1S/C23H44N2/c1-3-9-22(10-4-2)11-13-23(14-12-22)15-20-25(21-23)19-8-18-24-16-6-5-7-17-24/h3-21H2,1-2H3. The topological polar surface area (TPSA) is 6.48 Å². The van der Waals surface area contributed by atoms with Gasteiger partial charge in [-0.05, 0) is 108 Å². The van der Waals surface area contributed by atoms with Crippen molar-refractivity contribution in [2.75, 3.05) is 39.3 Å². The van der Waals surface area contributed by atoms with Crippen LogP contribution in [0.15, 0.2) is 0 Å². The Morgan fingerprint density at radius 3 is 1.96 bits per heavy atom. The fourth-order valence-corrected chi connectivity index (χ4v) is 6.32. The van der Waals surface area contributed by atoms with Gasteiger partial charge in [0.05, 0.1) is 0 Å². The van der Waals surface area contributed by atoms with E-state index in [1.165, 1.54) is 123 Å². The van der Waals surface area contributed by atoms with E-state index in [1.807, 2.05) is 0 Å². The zero-order valence-electron chi connectivity index (χ0n) is 17.3. The lowest BCUT2D eigenvalue weighted by Gasteiger charge is -2.45. The van der Waals surface area contributed by atoms with E-state index in [0.29, 0.717) is 5.41 Å². The minimum absolute atomic E-state index is 0.704. The second-order valence-electron chi connectivity index (χ2n) is 9.78. The molecule has 2 nitrogen and oxygen atoms in total. The highest BCUT2D eigenvalue weighted by atomic mass is 15.2. The molecule has 0 unspecified atom stereocenters. The molecule has 0 amide bonds. The quantitative estimate of drug-likeness (QED) is 0.554. The van der Waals surface area contributed by atoms with Crippen molar-refractivity contribution in [2.24, 2.45) is 10.8 Å². The summed E-state index contributed by atoms with van der Waals surface area (Å²) in [6.45, 7) is 13.0. The van der Waals surface area contributed by atoms with Gasteiger partial charge in [-0.1, -0.05) is 33.1 Å². The van der Waals surface area contributed by atoms with Crippen LogP contribution in [0.2, 0.25) is 0 Å². The van der Waals surface area contributed by atoms with Crippen molar-refractivity contribution in [3.05, 3.63) is 0 Å². The highest BCUT2D eigenvalue weighted by Gasteiger charge is 2.44. The molecule has 0 bridgehead atoms. The Balaban J connectivity index is 1.40. The molecule has 2 heterocycles. The Hall–Kier alpha value is -0.0800. The van der Waals surface area contributed by atoms with Crippen LogP contribution in [0.3, 0.4) is 0 Å². The second kappa shape index (κ2) is 9.22. The van der Waals surface area contributed by atoms with Gasteiger partial charge in [0.15, 0.2) is 0 Å². The number of rotatable bonds is 8. The van der Waals surface area contributed by atoms with Gasteiger partial charge in [-0.15, -0.1) is 0 Å². The van der Waals surface area contributed by atoms with Crippen LogP contribution in [0.4, 0.5) is 0 Å². The number of hydrogen-bond donors (Lipinski definition) is 0. The van der Waals surface area contributed by atoms with Crippen molar-refractivity contribution in [2.45, 2.75) is 97.3 Å². The summed E-state index contributed by atoms with van der Waals surface area (Å²) in [5.41, 5.74) is 1.42. The molecule has 3 fully saturated rings. The van der Waals surface area contributed by atoms with E-state index in [2.05, 4.69) is 23.6 Å². The lowest BCUT2D eigenvalue weighted by atomic mass is 9.60. The Morgan fingerprint density at radius 1 is 0.680 bits per heavy atom. The Bertz CT molecular complexity index is 370. The van der Waals surface area contributed by atoms with Crippen molar-refractivity contribution in [3.8, 4) is 0 Å². The molecule has 1 saturated carbocycles. The summed E-state index contributed by atoms with van der Waals surface area (Å²) in [5, 5.41) is 0. The minimum Gasteiger partial charge on any atom is -0.303 e. The molecule has 0 aromatic carbocycles. The summed E-state index contributed by atoms with van der Waals surface area (Å²) < 4.78 is 0. The zero-order chi connectivity index (χ0) is 17.6. The average molecular weight is 349 g/mol. The highest BCUT2D eigenvalue weighted by Crippen LogP contribution is 2.53. The van der Waals surface area contributed by atoms with Crippen molar-refractivity contribution >= 4 is 0 Å². The van der Waals surface area contributed by atoms with Gasteiger partial charge in [0.1, 0.15) is 0 Å². The number of nitrogens with zero attached hydrogens (tertiary/aromatic N) is 2. The molecule has 146 valence electrons. The van der Waals surface area contributed by atoms with E-state index >= 15 is 0 Å². The van der Waals surface area contributed by atoms with Crippen LogP contribution < -0.4 is 0 Å². The SMILES string of the molecule is CCCC1(CCC)CCC2(CCN(CCCN3CCCCC3)C2)CC1. The largest absolute Gasteiger partial charge is 0.303 e. The predicted octanol–water partition coefficient (Wildman–Crippen LogP) is 5.72. The highest BCUT2D eigenvalue weighted by molar-refractivity contribution is 4.97. The Labute approximate surface area is 157 Å². The van der Waals surface area contributed by atoms with Crippen LogP contribution in [0.5, 0.6) is 0 Å². The van der Waals surface area contributed by atoms with Crippen molar-refractivity contribution in [1.82, 2.24) is 9.80 Å². The summed E-state index contributed by atoms with van der Waals surface area (Å²) in [6.07, 6.45) is 19.0. The number of piperidine rings is 1. The maximum Gasteiger partial charge on any atom is 0.00385 e. The van der Waals surface area contributed by atoms with Gasteiger partial charge < -0.3 is 9.80 Å². The zero-order valence-corrected chi connectivity index (χ0v) is 17.3. The molecule has 0 aromatic rings. The molecule has 0 N–H and O–H groups in total. The molecule has 0 aromatic heterocycles. The first-order chi connectivity index (χ1) is 12.2. The first-order valence-electron chi connectivity index (χ1n) is 11.6. The second-order valence-corrected chi connectivity index (χ2v) is 9.78. The maximum absolute atomic E-state index is 2.82. The maximum atomic E-state index is 2.82. The van der Waals surface area contributed by atoms with Crippen LogP contribution in [0, 0.1) is 10.8 Å². The van der Waals surface area contributed by atoms with Gasteiger partial charge >= 0.3 is 0 Å². The molecule has 1 spiro atoms. The van der Waals surface area contributed by atoms with Crippen molar-refractivity contribution in [3.63, 3.8) is 0 Å². The summed E-state index contributed by atoms with van der Waals surface area (Å²) >= 11 is 0. The van der Waals surface area contributed by atoms with E-state index in [0.717, 1.165) is 5.41 Å². The van der Waals surface area contributed by atoms with Crippen LogP contribution in [0.1, 0.15) is 97.3 Å². The minimum atomic E-state index is 0.704. The van der Waals surface area contributed by atoms with Gasteiger partial charge in [0.25, 0.3) is 0 Å². The molecular formula is C23H44N2. The molecule has 1 aliphatic carbocycles. The van der Waals surface area contributed by atoms with Crippen molar-refractivity contribution in [1.29, 1.82) is 0 Å². The molecule has 2 heteroatoms. The first kappa shape index (κ1) is 19.7. The third kappa shape index (κ3) is 5.22. The lowest BCUT2D eigenvalue weighted by molar-refractivity contribution is 0.0643. The Morgan fingerprint density at radius 2 is 1.32 bits per heavy atom. The number of likely N-dealkylation sites (tertiary alicyclic amines) is 2. The first-order valence-corrected chi connectivity index (χ1v) is 11.6. The van der Waals surface area contributed by atoms with E-state index < -0.39 is 0 Å². The molecule has 0 atom stereocenters. The van der Waals surface area contributed by atoms with Crippen molar-refractivity contribution < 1.29 is 0 Å². The predicted molar refractivity (Wildman–Crippen MR) is 109 cm³/mol. The normalized spacial score (nSPS) is 27.1. The fourth-order valence-electron chi connectivity index (χ4n) is 6.32. The molecule has 2 aliphatic heterocycles. The molecule has 2 saturated heterocycles. The summed E-state index contributed by atoms with van der Waals surface area (Å²) in [7, 11) is 0. The van der Waals surface area contributed by atoms with Gasteiger partial charge in [0.2, 0.25) is 0 Å². The molecular weight excluding hydrogens is 304 g/mol.